The van der Waals surface area contributed by atoms with Crippen LogP contribution in [0.15, 0.2) is 53.7 Å². The molecule has 21 heteroatoms. The first-order chi connectivity index (χ1) is 33.0. The minimum Gasteiger partial charge on any atom is -0.479 e. The summed E-state index contributed by atoms with van der Waals surface area (Å²) in [5, 5.41) is 52.1. The van der Waals surface area contributed by atoms with Gasteiger partial charge in [-0.2, -0.15) is 0 Å². The van der Waals surface area contributed by atoms with Gasteiger partial charge in [0.15, 0.2) is 6.10 Å². The van der Waals surface area contributed by atoms with E-state index in [1.54, 1.807) is 29.9 Å². The number of aromatic nitrogens is 4. The van der Waals surface area contributed by atoms with Crippen molar-refractivity contribution in [2.45, 2.75) is 107 Å². The second-order valence-corrected chi connectivity index (χ2v) is 19.5. The fraction of sp³-hybridized carbons (Fsp3) is 0.521. The van der Waals surface area contributed by atoms with Crippen molar-refractivity contribution in [2.24, 2.45) is 24.6 Å². The van der Waals surface area contributed by atoms with Crippen molar-refractivity contribution in [3.63, 3.8) is 0 Å². The molecule has 1 aliphatic carbocycles. The Balaban J connectivity index is 1.09. The highest BCUT2D eigenvalue weighted by Crippen LogP contribution is 2.52. The number of likely N-dealkylation sites (tertiary alicyclic amines) is 1. The molecule has 370 valence electrons. The second kappa shape index (κ2) is 20.7. The average molecular weight is 972 g/mol. The highest BCUT2D eigenvalue weighted by molar-refractivity contribution is 7.98. The van der Waals surface area contributed by atoms with Gasteiger partial charge in [0.1, 0.15) is 54.5 Å². The maximum Gasteiger partial charge on any atom is 0.415 e. The first-order valence-corrected chi connectivity index (χ1v) is 24.5. The van der Waals surface area contributed by atoms with Gasteiger partial charge in [0.05, 0.1) is 17.5 Å². The van der Waals surface area contributed by atoms with Crippen LogP contribution in [0.4, 0.5) is 16.4 Å². The van der Waals surface area contributed by atoms with Crippen LogP contribution in [0.25, 0.3) is 0 Å². The van der Waals surface area contributed by atoms with Crippen molar-refractivity contribution in [3.05, 3.63) is 88.0 Å². The lowest BCUT2D eigenvalue weighted by Crippen LogP contribution is -2.61. The zero-order valence-corrected chi connectivity index (χ0v) is 40.2. The van der Waals surface area contributed by atoms with E-state index in [1.165, 1.54) is 29.5 Å². The Hall–Kier alpha value is -5.68. The lowest BCUT2D eigenvalue weighted by atomic mass is 9.58. The van der Waals surface area contributed by atoms with Crippen molar-refractivity contribution in [1.82, 2.24) is 30.0 Å². The van der Waals surface area contributed by atoms with Gasteiger partial charge in [-0.15, -0.1) is 22.0 Å². The van der Waals surface area contributed by atoms with Crippen LogP contribution < -0.4 is 25.6 Å². The molecule has 69 heavy (non-hydrogen) atoms. The summed E-state index contributed by atoms with van der Waals surface area (Å²) < 4.78 is 18.8. The number of carbonyl (C=O) groups is 4. The highest BCUT2D eigenvalue weighted by Gasteiger charge is 2.50. The van der Waals surface area contributed by atoms with Gasteiger partial charge in [0.25, 0.3) is 11.8 Å². The van der Waals surface area contributed by atoms with E-state index in [0.717, 1.165) is 66.3 Å². The molecule has 2 aromatic carbocycles. The minimum atomic E-state index is -1.95. The van der Waals surface area contributed by atoms with Gasteiger partial charge in [-0.25, -0.2) is 14.6 Å². The standard InChI is InChI=1S/C48H61N9O11S/c1-6-56(47(65)66-24-28-9-10-34(32(14-28)42(61)50-12-11-49)67-45-40(60)38(58)39(59)41(68-45)44(63)64)36-17-30(48(19-27(3)20-48)46-53-51-25-54(46)4)18-37(52-36)57-23-33-31(43(57)62)15-29(16-35(33)69-5)22-55-13-7-8-26(2)21-55/h9-10,14-18,25-27,38-41,45,58-60H,6-8,11-13,19-24,49H2,1-5H3,(H,50,61)(H,63,64)/t26-,27-,38-,39-,40+,41-,45+,48+/m0/s1. The molecule has 0 unspecified atom stereocenters. The molecule has 0 radical (unpaired) electrons. The Morgan fingerprint density at radius 1 is 1.04 bits per heavy atom. The van der Waals surface area contributed by atoms with E-state index in [1.807, 2.05) is 36.1 Å². The Bertz CT molecular complexity index is 2570. The maximum atomic E-state index is 14.7. The van der Waals surface area contributed by atoms with Crippen molar-refractivity contribution in [1.29, 1.82) is 0 Å². The Labute approximate surface area is 404 Å². The van der Waals surface area contributed by atoms with Crippen LogP contribution in [-0.2, 0) is 46.4 Å². The summed E-state index contributed by atoms with van der Waals surface area (Å²) in [5.74, 6) is -0.243. The topological polar surface area (TPSA) is 268 Å². The van der Waals surface area contributed by atoms with Crippen LogP contribution in [0.5, 0.6) is 5.75 Å². The van der Waals surface area contributed by atoms with Crippen molar-refractivity contribution in [3.8, 4) is 5.75 Å². The number of nitrogens with zero attached hydrogens (tertiary/aromatic N) is 7. The third kappa shape index (κ3) is 10.0. The number of nitrogens with two attached hydrogens (primary N) is 1. The number of thioether (sulfide) groups is 1. The third-order valence-corrected chi connectivity index (χ3v) is 14.3. The third-order valence-electron chi connectivity index (χ3n) is 13.5. The van der Waals surface area contributed by atoms with E-state index >= 15 is 0 Å². The van der Waals surface area contributed by atoms with Crippen LogP contribution in [-0.4, -0.2) is 139 Å². The number of aliphatic carboxylic acids is 1. The molecule has 3 aliphatic heterocycles. The zero-order chi connectivity index (χ0) is 49.3. The molecule has 5 heterocycles. The SMILES string of the molecule is CCN(C(=O)OCc1ccc(O[C@@H]2O[C@H](C(=O)O)[C@@H](O)[C@H](O)[C@H]2O)c(C(=O)NCCN)c1)c1cc([C@]2(c3nncn3C)C[C@@H](C)C2)cc(N2Cc3c(SC)cc(CN4CCC[C@H](C)C4)cc3C2=O)n1. The molecule has 2 aromatic heterocycles. The predicted octanol–water partition coefficient (Wildman–Crippen LogP) is 3.16. The number of nitrogens with one attached hydrogen (secondary N) is 1. The molecular weight excluding hydrogens is 911 g/mol. The second-order valence-electron chi connectivity index (χ2n) is 18.7. The number of carboxylic acid groups (broad SMARTS) is 1. The summed E-state index contributed by atoms with van der Waals surface area (Å²) in [6.45, 7) is 9.30. The predicted molar refractivity (Wildman–Crippen MR) is 253 cm³/mol. The Morgan fingerprint density at radius 3 is 2.49 bits per heavy atom. The number of hydrogen-bond acceptors (Lipinski definition) is 16. The number of fused-ring (bicyclic) bond motifs is 1. The number of hydrogen-bond donors (Lipinski definition) is 6. The van der Waals surface area contributed by atoms with E-state index in [0.29, 0.717) is 35.3 Å². The van der Waals surface area contributed by atoms with Crippen LogP contribution >= 0.6 is 11.8 Å². The maximum absolute atomic E-state index is 14.7. The summed E-state index contributed by atoms with van der Waals surface area (Å²) in [6.07, 6.45) is -2.72. The zero-order valence-electron chi connectivity index (χ0n) is 39.4. The first kappa shape index (κ1) is 49.7. The Morgan fingerprint density at radius 2 is 1.83 bits per heavy atom. The van der Waals surface area contributed by atoms with Gasteiger partial charge in [-0.1, -0.05) is 19.9 Å². The van der Waals surface area contributed by atoms with Crippen molar-refractivity contribution in [2.75, 3.05) is 48.8 Å². The number of benzene rings is 2. The monoisotopic (exact) mass is 971 g/mol. The van der Waals surface area contributed by atoms with E-state index < -0.39 is 54.1 Å². The lowest BCUT2D eigenvalue weighted by Gasteiger charge is -2.46. The first-order valence-electron chi connectivity index (χ1n) is 23.3. The van der Waals surface area contributed by atoms with Gasteiger partial charge in [0, 0.05) is 50.2 Å². The van der Waals surface area contributed by atoms with Crippen LogP contribution in [0.3, 0.4) is 0 Å². The molecular formula is C48H61N9O11S. The quantitative estimate of drug-likeness (QED) is 0.0881. The van der Waals surface area contributed by atoms with Crippen LogP contribution in [0.1, 0.15) is 95.2 Å². The summed E-state index contributed by atoms with van der Waals surface area (Å²) in [7, 11) is 1.90. The van der Waals surface area contributed by atoms with Gasteiger partial charge in [0.2, 0.25) is 6.29 Å². The number of carbonyl (C=O) groups excluding carboxylic acids is 3. The summed E-state index contributed by atoms with van der Waals surface area (Å²) in [6, 6.07) is 12.2. The summed E-state index contributed by atoms with van der Waals surface area (Å²) >= 11 is 1.61. The number of anilines is 2. The van der Waals surface area contributed by atoms with Gasteiger partial charge >= 0.3 is 12.1 Å². The van der Waals surface area contributed by atoms with Gasteiger partial charge < -0.3 is 50.3 Å². The van der Waals surface area contributed by atoms with Crippen LogP contribution in [0, 0.1) is 11.8 Å². The number of piperidine rings is 1. The molecule has 3 amide bonds. The number of carboxylic acids is 1. The normalized spacial score (nSPS) is 25.7. The average Bonchev–Trinajstić information content (AvgIpc) is 3.91. The number of pyridine rings is 1. The van der Waals surface area contributed by atoms with E-state index in [-0.39, 0.29) is 49.3 Å². The fourth-order valence-electron chi connectivity index (χ4n) is 10.1. The number of rotatable bonds is 16. The summed E-state index contributed by atoms with van der Waals surface area (Å²) in [5.41, 5.74) is 8.77. The molecule has 4 aliphatic rings. The van der Waals surface area contributed by atoms with Gasteiger partial charge in [-0.3, -0.25) is 24.3 Å². The van der Waals surface area contributed by atoms with E-state index in [4.69, 9.17) is 24.9 Å². The summed E-state index contributed by atoms with van der Waals surface area (Å²) in [4.78, 5) is 65.7. The van der Waals surface area contributed by atoms with Crippen molar-refractivity contribution >= 4 is 47.3 Å². The molecule has 20 nitrogen and oxygen atoms in total. The molecule has 4 aromatic rings. The fourth-order valence-corrected chi connectivity index (χ4v) is 10.8. The molecule has 8 rings (SSSR count). The largest absolute Gasteiger partial charge is 0.479 e. The number of ether oxygens (including phenoxy) is 3. The number of aliphatic hydroxyl groups excluding tert-OH is 3. The van der Waals surface area contributed by atoms with E-state index in [2.05, 4.69) is 40.3 Å². The van der Waals surface area contributed by atoms with Crippen LogP contribution in [0.2, 0.25) is 0 Å². The Kier molecular flexibility index (Phi) is 14.9. The lowest BCUT2D eigenvalue weighted by molar-refractivity contribution is -0.271. The molecule has 1 saturated carbocycles. The molecule has 7 N–H and O–H groups in total. The number of aryl methyl sites for hydroxylation is 1. The number of amides is 3. The van der Waals surface area contributed by atoms with Gasteiger partial charge in [-0.05, 0) is 116 Å². The molecule has 6 atom stereocenters. The minimum absolute atomic E-state index is 0.0788. The van der Waals surface area contributed by atoms with Crippen molar-refractivity contribution < 1.29 is 53.8 Å². The molecule has 0 spiro atoms. The smallest absolute Gasteiger partial charge is 0.415 e. The molecule has 3 fully saturated rings. The number of aliphatic hydroxyl groups is 3. The molecule has 0 bridgehead atoms. The van der Waals surface area contributed by atoms with E-state index in [9.17, 15) is 39.6 Å². The highest BCUT2D eigenvalue weighted by atomic mass is 32.2. The molecule has 2 saturated heterocycles.